The zero-order valence-corrected chi connectivity index (χ0v) is 15.6. The van der Waals surface area contributed by atoms with E-state index in [-0.39, 0.29) is 5.91 Å². The molecule has 9 heteroatoms. The highest BCUT2D eigenvalue weighted by molar-refractivity contribution is 7.91. The summed E-state index contributed by atoms with van der Waals surface area (Å²) in [6, 6.07) is 5.29. The van der Waals surface area contributed by atoms with Crippen molar-refractivity contribution in [2.24, 2.45) is 0 Å². The fraction of sp³-hybridized carbons (Fsp3) is 0.500. The van der Waals surface area contributed by atoms with E-state index in [0.29, 0.717) is 42.0 Å². The quantitative estimate of drug-likeness (QED) is 0.876. The molecule has 4 rings (SSSR count). The van der Waals surface area contributed by atoms with Crippen molar-refractivity contribution in [2.75, 3.05) is 26.2 Å². The van der Waals surface area contributed by atoms with Crippen LogP contribution in [0.15, 0.2) is 22.4 Å². The van der Waals surface area contributed by atoms with Crippen LogP contribution in [-0.4, -0.2) is 59.9 Å². The van der Waals surface area contributed by atoms with Crippen LogP contribution in [0.5, 0.6) is 0 Å². The standard InChI is InChI=1S/C16H20N4O3S2/c1-11-2-5-15(24-11)25(22,23)20-8-6-19(7-9-20)16(21)14-10-13(17-18-14)12-3-4-12/h2,5,10,12H,3-4,6-9H2,1H3,(H,17,18). The molecule has 1 saturated heterocycles. The second-order valence-electron chi connectivity index (χ2n) is 6.54. The number of hydrogen-bond donors (Lipinski definition) is 1. The molecule has 1 aliphatic heterocycles. The maximum absolute atomic E-state index is 12.6. The molecule has 1 amide bonds. The van der Waals surface area contributed by atoms with Crippen molar-refractivity contribution in [2.45, 2.75) is 29.9 Å². The molecule has 1 N–H and O–H groups in total. The highest BCUT2D eigenvalue weighted by atomic mass is 32.2. The van der Waals surface area contributed by atoms with Crippen LogP contribution in [0.4, 0.5) is 0 Å². The zero-order valence-electron chi connectivity index (χ0n) is 13.9. The van der Waals surface area contributed by atoms with Gasteiger partial charge < -0.3 is 4.90 Å². The largest absolute Gasteiger partial charge is 0.335 e. The number of H-pyrrole nitrogens is 1. The van der Waals surface area contributed by atoms with Gasteiger partial charge in [-0.05, 0) is 38.0 Å². The number of nitrogens with one attached hydrogen (secondary N) is 1. The van der Waals surface area contributed by atoms with Crippen molar-refractivity contribution >= 4 is 27.3 Å². The second kappa shape index (κ2) is 6.22. The second-order valence-corrected chi connectivity index (χ2v) is 10.00. The average molecular weight is 380 g/mol. The van der Waals surface area contributed by atoms with Crippen molar-refractivity contribution in [1.82, 2.24) is 19.4 Å². The van der Waals surface area contributed by atoms with Crippen molar-refractivity contribution < 1.29 is 13.2 Å². The van der Waals surface area contributed by atoms with Gasteiger partial charge in [-0.2, -0.15) is 9.40 Å². The van der Waals surface area contributed by atoms with Gasteiger partial charge in [-0.3, -0.25) is 9.89 Å². The monoisotopic (exact) mass is 380 g/mol. The molecule has 2 fully saturated rings. The SMILES string of the molecule is Cc1ccc(S(=O)(=O)N2CCN(C(=O)c3cc(C4CC4)[nH]n3)CC2)s1. The van der Waals surface area contributed by atoms with Crippen molar-refractivity contribution in [3.8, 4) is 0 Å². The molecular weight excluding hydrogens is 360 g/mol. The van der Waals surface area contributed by atoms with Crippen LogP contribution in [-0.2, 0) is 10.0 Å². The van der Waals surface area contributed by atoms with Crippen LogP contribution in [0, 0.1) is 6.92 Å². The van der Waals surface area contributed by atoms with Gasteiger partial charge in [0.05, 0.1) is 0 Å². The number of piperazine rings is 1. The average Bonchev–Trinajstić information content (AvgIpc) is 3.16. The maximum atomic E-state index is 12.6. The van der Waals surface area contributed by atoms with E-state index >= 15 is 0 Å². The van der Waals surface area contributed by atoms with Crippen molar-refractivity contribution in [3.05, 3.63) is 34.5 Å². The summed E-state index contributed by atoms with van der Waals surface area (Å²) in [6.45, 7) is 3.28. The predicted molar refractivity (Wildman–Crippen MR) is 94.3 cm³/mol. The summed E-state index contributed by atoms with van der Waals surface area (Å²) in [6.07, 6.45) is 2.29. The fourth-order valence-corrected chi connectivity index (χ4v) is 5.88. The highest BCUT2D eigenvalue weighted by Gasteiger charge is 2.32. The molecule has 0 atom stereocenters. The lowest BCUT2D eigenvalue weighted by molar-refractivity contribution is 0.0692. The van der Waals surface area contributed by atoms with E-state index < -0.39 is 10.0 Å². The fourth-order valence-electron chi connectivity index (χ4n) is 3.02. The number of thiophene rings is 1. The van der Waals surface area contributed by atoms with Crippen LogP contribution in [0.1, 0.15) is 39.8 Å². The number of rotatable bonds is 4. The molecule has 134 valence electrons. The summed E-state index contributed by atoms with van der Waals surface area (Å²) in [7, 11) is -3.46. The van der Waals surface area contributed by atoms with Gasteiger partial charge in [-0.15, -0.1) is 11.3 Å². The Kier molecular flexibility index (Phi) is 4.17. The smallest absolute Gasteiger partial charge is 0.274 e. The zero-order chi connectivity index (χ0) is 17.6. The third-order valence-corrected chi connectivity index (χ3v) is 8.04. The van der Waals surface area contributed by atoms with Crippen LogP contribution in [0.25, 0.3) is 0 Å². The molecule has 0 bridgehead atoms. The number of nitrogens with zero attached hydrogens (tertiary/aromatic N) is 3. The Hall–Kier alpha value is -1.71. The summed E-state index contributed by atoms with van der Waals surface area (Å²) < 4.78 is 27.1. The van der Waals surface area contributed by atoms with Gasteiger partial charge in [-0.1, -0.05) is 0 Å². The number of aromatic nitrogens is 2. The van der Waals surface area contributed by atoms with E-state index in [1.165, 1.54) is 15.6 Å². The van der Waals surface area contributed by atoms with Crippen LogP contribution in [0.3, 0.4) is 0 Å². The summed E-state index contributed by atoms with van der Waals surface area (Å²) in [5.74, 6) is 0.387. The normalized spacial score (nSPS) is 19.3. The minimum atomic E-state index is -3.46. The summed E-state index contributed by atoms with van der Waals surface area (Å²) in [5, 5.41) is 7.07. The van der Waals surface area contributed by atoms with Gasteiger partial charge in [0.15, 0.2) is 0 Å². The molecule has 25 heavy (non-hydrogen) atoms. The molecule has 0 unspecified atom stereocenters. The van der Waals surface area contributed by atoms with Gasteiger partial charge in [0.25, 0.3) is 15.9 Å². The first-order chi connectivity index (χ1) is 11.9. The Morgan fingerprint density at radius 3 is 2.56 bits per heavy atom. The number of amides is 1. The van der Waals surface area contributed by atoms with Gasteiger partial charge in [0, 0.05) is 42.7 Å². The molecule has 0 aromatic carbocycles. The summed E-state index contributed by atoms with van der Waals surface area (Å²) in [4.78, 5) is 15.2. The minimum Gasteiger partial charge on any atom is -0.335 e. The number of sulfonamides is 1. The predicted octanol–water partition coefficient (Wildman–Crippen LogP) is 1.80. The molecule has 7 nitrogen and oxygen atoms in total. The van der Waals surface area contributed by atoms with E-state index in [2.05, 4.69) is 10.2 Å². The Morgan fingerprint density at radius 2 is 1.96 bits per heavy atom. The first kappa shape index (κ1) is 16.7. The van der Waals surface area contributed by atoms with Crippen molar-refractivity contribution in [1.29, 1.82) is 0 Å². The third-order valence-electron chi connectivity index (χ3n) is 4.67. The van der Waals surface area contributed by atoms with Crippen LogP contribution in [0.2, 0.25) is 0 Å². The number of hydrogen-bond acceptors (Lipinski definition) is 5. The van der Waals surface area contributed by atoms with Crippen molar-refractivity contribution in [3.63, 3.8) is 0 Å². The summed E-state index contributed by atoms with van der Waals surface area (Å²) in [5.41, 5.74) is 1.45. The lowest BCUT2D eigenvalue weighted by atomic mass is 10.2. The molecule has 0 radical (unpaired) electrons. The number of aromatic amines is 1. The first-order valence-electron chi connectivity index (χ1n) is 8.36. The molecule has 3 heterocycles. The molecule has 2 aromatic heterocycles. The highest BCUT2D eigenvalue weighted by Crippen LogP contribution is 2.39. The maximum Gasteiger partial charge on any atom is 0.274 e. The Labute approximate surface area is 150 Å². The Morgan fingerprint density at radius 1 is 1.24 bits per heavy atom. The topological polar surface area (TPSA) is 86.4 Å². The lowest BCUT2D eigenvalue weighted by Crippen LogP contribution is -2.50. The van der Waals surface area contributed by atoms with E-state index in [1.807, 2.05) is 19.1 Å². The number of carbonyl (C=O) groups excluding carboxylic acids is 1. The number of aryl methyl sites for hydroxylation is 1. The van der Waals surface area contributed by atoms with Crippen LogP contribution >= 0.6 is 11.3 Å². The Bertz CT molecular complexity index is 890. The first-order valence-corrected chi connectivity index (χ1v) is 10.6. The van der Waals surface area contributed by atoms with E-state index in [9.17, 15) is 13.2 Å². The molecule has 1 aliphatic carbocycles. The van der Waals surface area contributed by atoms with Gasteiger partial charge >= 0.3 is 0 Å². The molecule has 1 saturated carbocycles. The lowest BCUT2D eigenvalue weighted by Gasteiger charge is -2.33. The summed E-state index contributed by atoms with van der Waals surface area (Å²) >= 11 is 1.28. The van der Waals surface area contributed by atoms with Gasteiger partial charge in [-0.25, -0.2) is 8.42 Å². The van der Waals surface area contributed by atoms with Gasteiger partial charge in [0.2, 0.25) is 0 Å². The third kappa shape index (κ3) is 3.23. The van der Waals surface area contributed by atoms with E-state index in [4.69, 9.17) is 0 Å². The minimum absolute atomic E-state index is 0.132. The van der Waals surface area contributed by atoms with Gasteiger partial charge in [0.1, 0.15) is 9.90 Å². The molecule has 0 spiro atoms. The Balaban J connectivity index is 1.41. The molecular formula is C16H20N4O3S2. The van der Waals surface area contributed by atoms with E-state index in [0.717, 1.165) is 23.4 Å². The van der Waals surface area contributed by atoms with E-state index in [1.54, 1.807) is 11.0 Å². The molecule has 2 aliphatic rings. The number of carbonyl (C=O) groups is 1. The van der Waals surface area contributed by atoms with Crippen LogP contribution < -0.4 is 0 Å². The molecule has 2 aromatic rings.